The first-order valence-corrected chi connectivity index (χ1v) is 7.61. The minimum absolute atomic E-state index is 0.531. The van der Waals surface area contributed by atoms with Gasteiger partial charge in [0.2, 0.25) is 5.88 Å². The Hall–Kier alpha value is -1.36. The van der Waals surface area contributed by atoms with Crippen molar-refractivity contribution in [2.45, 2.75) is 46.5 Å². The number of anilines is 1. The zero-order valence-corrected chi connectivity index (χ0v) is 12.9. The van der Waals surface area contributed by atoms with Crippen LogP contribution in [0.3, 0.4) is 0 Å². The number of hydrogen-bond donors (Lipinski definition) is 1. The van der Waals surface area contributed by atoms with Gasteiger partial charge in [-0.1, -0.05) is 26.7 Å². The van der Waals surface area contributed by atoms with Gasteiger partial charge in [-0.25, -0.2) is 9.97 Å². The molecule has 114 valence electrons. The molecule has 1 aromatic rings. The van der Waals surface area contributed by atoms with Crippen LogP contribution >= 0.6 is 0 Å². The van der Waals surface area contributed by atoms with Crippen LogP contribution in [-0.4, -0.2) is 36.3 Å². The van der Waals surface area contributed by atoms with Crippen LogP contribution in [0.2, 0.25) is 0 Å². The van der Waals surface area contributed by atoms with E-state index in [0.29, 0.717) is 19.1 Å². The molecule has 0 aliphatic rings. The molecule has 1 N–H and O–H groups in total. The van der Waals surface area contributed by atoms with Crippen molar-refractivity contribution in [3.05, 3.63) is 11.9 Å². The molecule has 0 radical (unpaired) electrons. The van der Waals surface area contributed by atoms with Crippen LogP contribution in [0.25, 0.3) is 0 Å². The van der Waals surface area contributed by atoms with E-state index in [1.54, 1.807) is 6.33 Å². The SMILES string of the molecule is CCCCOCCOc1ncnc(NCC)c1CCC. The highest BCUT2D eigenvalue weighted by Crippen LogP contribution is 2.23. The zero-order valence-electron chi connectivity index (χ0n) is 12.9. The quantitative estimate of drug-likeness (QED) is 0.632. The Morgan fingerprint density at radius 1 is 1.05 bits per heavy atom. The molecule has 0 aliphatic heterocycles. The molecule has 0 aliphatic carbocycles. The Labute approximate surface area is 122 Å². The van der Waals surface area contributed by atoms with E-state index in [1.807, 2.05) is 0 Å². The first kappa shape index (κ1) is 16.7. The Bertz CT molecular complexity index is 372. The van der Waals surface area contributed by atoms with Gasteiger partial charge in [0.25, 0.3) is 0 Å². The zero-order chi connectivity index (χ0) is 14.6. The van der Waals surface area contributed by atoms with E-state index >= 15 is 0 Å². The molecular formula is C15H27N3O2. The average molecular weight is 281 g/mol. The highest BCUT2D eigenvalue weighted by molar-refractivity contribution is 5.48. The number of ether oxygens (including phenoxy) is 2. The first-order valence-electron chi connectivity index (χ1n) is 7.61. The van der Waals surface area contributed by atoms with E-state index in [4.69, 9.17) is 9.47 Å². The summed E-state index contributed by atoms with van der Waals surface area (Å²) in [6.07, 6.45) is 5.74. The smallest absolute Gasteiger partial charge is 0.221 e. The fourth-order valence-electron chi connectivity index (χ4n) is 1.86. The van der Waals surface area contributed by atoms with E-state index in [0.717, 1.165) is 50.2 Å². The molecule has 20 heavy (non-hydrogen) atoms. The van der Waals surface area contributed by atoms with Crippen LogP contribution in [0.1, 0.15) is 45.6 Å². The molecule has 0 atom stereocenters. The summed E-state index contributed by atoms with van der Waals surface area (Å²) >= 11 is 0. The van der Waals surface area contributed by atoms with Crippen LogP contribution in [-0.2, 0) is 11.2 Å². The lowest BCUT2D eigenvalue weighted by atomic mass is 10.1. The van der Waals surface area contributed by atoms with Gasteiger partial charge >= 0.3 is 0 Å². The topological polar surface area (TPSA) is 56.3 Å². The van der Waals surface area contributed by atoms with Crippen LogP contribution in [0, 0.1) is 0 Å². The maximum atomic E-state index is 5.74. The third kappa shape index (κ3) is 5.74. The summed E-state index contributed by atoms with van der Waals surface area (Å²) in [7, 11) is 0. The van der Waals surface area contributed by atoms with Crippen LogP contribution in [0.4, 0.5) is 5.82 Å². The van der Waals surface area contributed by atoms with Gasteiger partial charge in [0.15, 0.2) is 0 Å². The fourth-order valence-corrected chi connectivity index (χ4v) is 1.86. The van der Waals surface area contributed by atoms with Gasteiger partial charge in [-0.05, 0) is 19.8 Å². The van der Waals surface area contributed by atoms with Crippen molar-refractivity contribution in [1.29, 1.82) is 0 Å². The number of rotatable bonds is 11. The maximum absolute atomic E-state index is 5.74. The molecule has 0 aromatic carbocycles. The van der Waals surface area contributed by atoms with Crippen molar-refractivity contribution < 1.29 is 9.47 Å². The molecule has 0 bridgehead atoms. The first-order chi connectivity index (χ1) is 9.83. The van der Waals surface area contributed by atoms with Gasteiger partial charge in [-0.15, -0.1) is 0 Å². The molecule has 1 rings (SSSR count). The van der Waals surface area contributed by atoms with Gasteiger partial charge in [0.05, 0.1) is 12.2 Å². The molecule has 5 nitrogen and oxygen atoms in total. The molecule has 0 fully saturated rings. The van der Waals surface area contributed by atoms with Crippen molar-refractivity contribution in [1.82, 2.24) is 9.97 Å². The van der Waals surface area contributed by atoms with Gasteiger partial charge in [-0.3, -0.25) is 0 Å². The maximum Gasteiger partial charge on any atom is 0.221 e. The fraction of sp³-hybridized carbons (Fsp3) is 0.733. The Morgan fingerprint density at radius 2 is 1.90 bits per heavy atom. The van der Waals surface area contributed by atoms with E-state index in [9.17, 15) is 0 Å². The molecular weight excluding hydrogens is 254 g/mol. The van der Waals surface area contributed by atoms with Gasteiger partial charge in [0.1, 0.15) is 18.8 Å². The summed E-state index contributed by atoms with van der Waals surface area (Å²) in [5.74, 6) is 1.56. The summed E-state index contributed by atoms with van der Waals surface area (Å²) in [5.41, 5.74) is 1.06. The molecule has 5 heteroatoms. The second-order valence-electron chi connectivity index (χ2n) is 4.60. The molecule has 0 amide bonds. The highest BCUT2D eigenvalue weighted by Gasteiger charge is 2.11. The average Bonchev–Trinajstić information content (AvgIpc) is 2.46. The van der Waals surface area contributed by atoms with Crippen molar-refractivity contribution in [2.24, 2.45) is 0 Å². The van der Waals surface area contributed by atoms with Gasteiger partial charge in [-0.2, -0.15) is 0 Å². The van der Waals surface area contributed by atoms with E-state index in [2.05, 4.69) is 36.1 Å². The lowest BCUT2D eigenvalue weighted by Gasteiger charge is -2.13. The largest absolute Gasteiger partial charge is 0.475 e. The third-order valence-electron chi connectivity index (χ3n) is 2.86. The molecule has 1 heterocycles. The van der Waals surface area contributed by atoms with Crippen molar-refractivity contribution in [3.8, 4) is 5.88 Å². The number of hydrogen-bond acceptors (Lipinski definition) is 5. The summed E-state index contributed by atoms with van der Waals surface area (Å²) in [6.45, 7) is 9.12. The van der Waals surface area contributed by atoms with Crippen molar-refractivity contribution in [2.75, 3.05) is 31.7 Å². The van der Waals surface area contributed by atoms with Crippen molar-refractivity contribution >= 4 is 5.82 Å². The van der Waals surface area contributed by atoms with Crippen LogP contribution in [0.5, 0.6) is 5.88 Å². The van der Waals surface area contributed by atoms with E-state index in [1.165, 1.54) is 0 Å². The van der Waals surface area contributed by atoms with E-state index < -0.39 is 0 Å². The monoisotopic (exact) mass is 281 g/mol. The molecule has 1 aromatic heterocycles. The molecule has 0 unspecified atom stereocenters. The molecule has 0 saturated heterocycles. The number of nitrogens with zero attached hydrogens (tertiary/aromatic N) is 2. The predicted octanol–water partition coefficient (Wildman–Crippen LogP) is 3.06. The second-order valence-corrected chi connectivity index (χ2v) is 4.60. The summed E-state index contributed by atoms with van der Waals surface area (Å²) < 4.78 is 11.2. The lowest BCUT2D eigenvalue weighted by molar-refractivity contribution is 0.0961. The Morgan fingerprint density at radius 3 is 2.60 bits per heavy atom. The van der Waals surface area contributed by atoms with Crippen LogP contribution < -0.4 is 10.1 Å². The van der Waals surface area contributed by atoms with Gasteiger partial charge in [0, 0.05) is 13.2 Å². The summed E-state index contributed by atoms with van der Waals surface area (Å²) in [5, 5.41) is 3.26. The second kappa shape index (κ2) is 10.4. The highest BCUT2D eigenvalue weighted by atomic mass is 16.5. The Balaban J connectivity index is 2.52. The van der Waals surface area contributed by atoms with Crippen LogP contribution in [0.15, 0.2) is 6.33 Å². The normalized spacial score (nSPS) is 10.6. The molecule has 0 spiro atoms. The standard InChI is InChI=1S/C15H27N3O2/c1-4-7-9-19-10-11-20-15-13(8-5-2)14(16-6-3)17-12-18-15/h12H,4-11H2,1-3H3,(H,16,17,18). The number of nitrogens with one attached hydrogen (secondary N) is 1. The van der Waals surface area contributed by atoms with Gasteiger partial charge < -0.3 is 14.8 Å². The summed E-state index contributed by atoms with van der Waals surface area (Å²) in [6, 6.07) is 0. The minimum Gasteiger partial charge on any atom is -0.475 e. The minimum atomic E-state index is 0.531. The Kier molecular flexibility index (Phi) is 8.71. The summed E-state index contributed by atoms with van der Waals surface area (Å²) in [4.78, 5) is 8.53. The lowest BCUT2D eigenvalue weighted by Crippen LogP contribution is -2.12. The number of unbranched alkanes of at least 4 members (excludes halogenated alkanes) is 1. The van der Waals surface area contributed by atoms with E-state index in [-0.39, 0.29) is 0 Å². The molecule has 0 saturated carbocycles. The number of aromatic nitrogens is 2. The van der Waals surface area contributed by atoms with Crippen molar-refractivity contribution in [3.63, 3.8) is 0 Å². The third-order valence-corrected chi connectivity index (χ3v) is 2.86. The predicted molar refractivity (Wildman–Crippen MR) is 81.4 cm³/mol.